The minimum absolute atomic E-state index is 0.0623. The van der Waals surface area contributed by atoms with Gasteiger partial charge in [0.2, 0.25) is 0 Å². The number of aromatic nitrogens is 1. The van der Waals surface area contributed by atoms with Crippen molar-refractivity contribution in [3.05, 3.63) is 67.6 Å². The first kappa shape index (κ1) is 30.6. The second-order valence-electron chi connectivity index (χ2n) is 9.77. The van der Waals surface area contributed by atoms with Gasteiger partial charge in [-0.2, -0.15) is 5.26 Å². The van der Waals surface area contributed by atoms with E-state index in [1.165, 1.54) is 43.2 Å². The van der Waals surface area contributed by atoms with Crippen LogP contribution in [0.3, 0.4) is 0 Å². The second kappa shape index (κ2) is 15.0. The van der Waals surface area contributed by atoms with E-state index in [2.05, 4.69) is 18.3 Å². The number of thiocarbonyl (C=S) groups is 1. The van der Waals surface area contributed by atoms with E-state index in [1.807, 2.05) is 6.92 Å². The SMILES string of the molecule is CCCCCCCCN1C(=O)/C(=C\c2c(C)c(C#N)c(=O)n(CCCC)c2NCc2ccc(F)cc2)SC1=S. The number of rotatable bonds is 14. The maximum absolute atomic E-state index is 13.4. The molecule has 2 heterocycles. The monoisotopic (exact) mass is 568 g/mol. The molecule has 1 amide bonds. The molecule has 1 aromatic carbocycles. The van der Waals surface area contributed by atoms with Crippen LogP contribution in [0.2, 0.25) is 0 Å². The van der Waals surface area contributed by atoms with E-state index < -0.39 is 0 Å². The van der Waals surface area contributed by atoms with Crippen LogP contribution in [0.25, 0.3) is 6.08 Å². The van der Waals surface area contributed by atoms with Crippen LogP contribution >= 0.6 is 24.0 Å². The van der Waals surface area contributed by atoms with Gasteiger partial charge in [0.15, 0.2) is 0 Å². The molecule has 2 aromatic rings. The third-order valence-electron chi connectivity index (χ3n) is 6.87. The number of nitrogens with zero attached hydrogens (tertiary/aromatic N) is 3. The highest BCUT2D eigenvalue weighted by Gasteiger charge is 2.32. The van der Waals surface area contributed by atoms with Crippen molar-refractivity contribution in [3.8, 4) is 6.07 Å². The fourth-order valence-electron chi connectivity index (χ4n) is 4.55. The van der Waals surface area contributed by atoms with Crippen LogP contribution in [-0.2, 0) is 17.9 Å². The number of pyridine rings is 1. The topological polar surface area (TPSA) is 78.1 Å². The molecule has 0 radical (unpaired) electrons. The van der Waals surface area contributed by atoms with Crippen molar-refractivity contribution < 1.29 is 9.18 Å². The number of thioether (sulfide) groups is 1. The van der Waals surface area contributed by atoms with Gasteiger partial charge < -0.3 is 5.32 Å². The molecule has 208 valence electrons. The van der Waals surface area contributed by atoms with Crippen molar-refractivity contribution in [3.63, 3.8) is 0 Å². The van der Waals surface area contributed by atoms with Gasteiger partial charge in [0.1, 0.15) is 27.6 Å². The van der Waals surface area contributed by atoms with Crippen molar-refractivity contribution in [2.75, 3.05) is 11.9 Å². The molecule has 1 N–H and O–H groups in total. The van der Waals surface area contributed by atoms with Gasteiger partial charge in [-0.3, -0.25) is 19.1 Å². The van der Waals surface area contributed by atoms with Gasteiger partial charge in [-0.05, 0) is 49.1 Å². The molecule has 39 heavy (non-hydrogen) atoms. The molecule has 1 aliphatic heterocycles. The number of anilines is 1. The van der Waals surface area contributed by atoms with Crippen molar-refractivity contribution >= 4 is 46.1 Å². The van der Waals surface area contributed by atoms with Crippen molar-refractivity contribution in [2.45, 2.75) is 85.2 Å². The number of benzene rings is 1. The lowest BCUT2D eigenvalue weighted by molar-refractivity contribution is -0.122. The zero-order valence-electron chi connectivity index (χ0n) is 23.0. The van der Waals surface area contributed by atoms with E-state index in [0.29, 0.717) is 45.8 Å². The number of hydrogen-bond donors (Lipinski definition) is 1. The summed E-state index contributed by atoms with van der Waals surface area (Å²) in [5, 5.41) is 13.2. The second-order valence-corrected chi connectivity index (χ2v) is 11.4. The highest BCUT2D eigenvalue weighted by molar-refractivity contribution is 8.26. The standard InChI is InChI=1S/C30H37FN4O2S2/c1-4-6-8-9-10-11-17-35-29(37)26(39-30(35)38)18-24-21(3)25(19-32)28(36)34(16-7-5-2)27(24)33-20-22-12-14-23(31)15-13-22/h12-15,18,33H,4-11,16-17,20H2,1-3H3/b26-18+. The summed E-state index contributed by atoms with van der Waals surface area (Å²) in [7, 11) is 0. The fraction of sp³-hybridized carbons (Fsp3) is 0.467. The molecule has 6 nitrogen and oxygen atoms in total. The van der Waals surface area contributed by atoms with Crippen LogP contribution in [0, 0.1) is 24.1 Å². The number of carbonyl (C=O) groups is 1. The van der Waals surface area contributed by atoms with E-state index >= 15 is 0 Å². The lowest BCUT2D eigenvalue weighted by atomic mass is 10.0. The summed E-state index contributed by atoms with van der Waals surface area (Å²) < 4.78 is 15.5. The van der Waals surface area contributed by atoms with Crippen LogP contribution in [0.1, 0.15) is 87.5 Å². The third-order valence-corrected chi connectivity index (χ3v) is 8.25. The first-order chi connectivity index (χ1) is 18.8. The van der Waals surface area contributed by atoms with Crippen LogP contribution in [0.5, 0.6) is 0 Å². The third kappa shape index (κ3) is 7.80. The Hall–Kier alpha value is -2.96. The molecular weight excluding hydrogens is 531 g/mol. The van der Waals surface area contributed by atoms with Gasteiger partial charge in [-0.15, -0.1) is 0 Å². The molecule has 0 bridgehead atoms. The van der Waals surface area contributed by atoms with E-state index in [4.69, 9.17) is 12.2 Å². The van der Waals surface area contributed by atoms with Gasteiger partial charge in [-0.1, -0.05) is 88.5 Å². The summed E-state index contributed by atoms with van der Waals surface area (Å²) in [6, 6.07) is 8.21. The zero-order valence-corrected chi connectivity index (χ0v) is 24.7. The van der Waals surface area contributed by atoms with E-state index in [0.717, 1.165) is 37.7 Å². The van der Waals surface area contributed by atoms with E-state index in [-0.39, 0.29) is 22.8 Å². The fourth-order valence-corrected chi connectivity index (χ4v) is 5.84. The molecule has 0 spiro atoms. The number of unbranched alkanes of at least 4 members (excludes halogenated alkanes) is 6. The Kier molecular flexibility index (Phi) is 11.8. The number of amides is 1. The lowest BCUT2D eigenvalue weighted by Crippen LogP contribution is -2.29. The Balaban J connectivity index is 1.96. The quantitative estimate of drug-likeness (QED) is 0.148. The molecule has 0 saturated carbocycles. The van der Waals surface area contributed by atoms with Crippen LogP contribution in [0.4, 0.5) is 10.2 Å². The average molecular weight is 569 g/mol. The van der Waals surface area contributed by atoms with Gasteiger partial charge >= 0.3 is 0 Å². The summed E-state index contributed by atoms with van der Waals surface area (Å²) in [5.41, 5.74) is 1.66. The normalized spacial score (nSPS) is 14.3. The molecule has 9 heteroatoms. The first-order valence-electron chi connectivity index (χ1n) is 13.7. The first-order valence-corrected chi connectivity index (χ1v) is 15.0. The number of nitrogens with one attached hydrogen (secondary N) is 1. The molecule has 3 rings (SSSR count). The van der Waals surface area contributed by atoms with E-state index in [9.17, 15) is 19.2 Å². The Morgan fingerprint density at radius 1 is 1.03 bits per heavy atom. The van der Waals surface area contributed by atoms with Crippen LogP contribution in [0.15, 0.2) is 34.0 Å². The summed E-state index contributed by atoms with van der Waals surface area (Å²) >= 11 is 6.80. The van der Waals surface area contributed by atoms with Gasteiger partial charge in [0.25, 0.3) is 11.5 Å². The maximum atomic E-state index is 13.4. The average Bonchev–Trinajstić information content (AvgIpc) is 3.19. The highest BCUT2D eigenvalue weighted by atomic mass is 32.2. The number of nitriles is 1. The number of halogens is 1. The summed E-state index contributed by atoms with van der Waals surface area (Å²) in [4.78, 5) is 28.8. The number of carbonyl (C=O) groups excluding carboxylic acids is 1. The molecule has 1 saturated heterocycles. The molecule has 1 aromatic heterocycles. The minimum atomic E-state index is -0.363. The summed E-state index contributed by atoms with van der Waals surface area (Å²) in [6.45, 7) is 7.31. The number of hydrogen-bond acceptors (Lipinski definition) is 6. The van der Waals surface area contributed by atoms with Gasteiger partial charge in [0, 0.05) is 25.2 Å². The molecule has 0 atom stereocenters. The minimum Gasteiger partial charge on any atom is -0.367 e. The smallest absolute Gasteiger partial charge is 0.270 e. The van der Waals surface area contributed by atoms with Crippen molar-refractivity contribution in [1.82, 2.24) is 9.47 Å². The highest BCUT2D eigenvalue weighted by Crippen LogP contribution is 2.35. The molecule has 0 aliphatic carbocycles. The van der Waals surface area contributed by atoms with Crippen molar-refractivity contribution in [1.29, 1.82) is 5.26 Å². The predicted octanol–water partition coefficient (Wildman–Crippen LogP) is 7.14. The summed E-state index contributed by atoms with van der Waals surface area (Å²) in [5.74, 6) is 0.0687. The largest absolute Gasteiger partial charge is 0.367 e. The van der Waals surface area contributed by atoms with Gasteiger partial charge in [-0.25, -0.2) is 4.39 Å². The zero-order chi connectivity index (χ0) is 28.4. The van der Waals surface area contributed by atoms with E-state index in [1.54, 1.807) is 34.6 Å². The Morgan fingerprint density at radius 2 is 1.69 bits per heavy atom. The van der Waals surface area contributed by atoms with Crippen molar-refractivity contribution in [2.24, 2.45) is 0 Å². The summed E-state index contributed by atoms with van der Waals surface area (Å²) in [6.07, 6.45) is 10.1. The van der Waals surface area contributed by atoms with Gasteiger partial charge in [0.05, 0.1) is 4.91 Å². The molecule has 1 fully saturated rings. The predicted molar refractivity (Wildman–Crippen MR) is 162 cm³/mol. The lowest BCUT2D eigenvalue weighted by Gasteiger charge is -2.20. The van der Waals surface area contributed by atoms with Crippen LogP contribution < -0.4 is 10.9 Å². The maximum Gasteiger partial charge on any atom is 0.270 e. The molecule has 1 aliphatic rings. The Labute approximate surface area is 240 Å². The Bertz CT molecular complexity index is 1310. The Morgan fingerprint density at radius 3 is 2.36 bits per heavy atom. The molecule has 0 unspecified atom stereocenters. The van der Waals surface area contributed by atoms with Crippen LogP contribution in [-0.4, -0.2) is 26.2 Å². The molecular formula is C30H37FN4O2S2.